The summed E-state index contributed by atoms with van der Waals surface area (Å²) in [4.78, 5) is 4.21. The van der Waals surface area contributed by atoms with Crippen molar-refractivity contribution in [2.75, 3.05) is 0 Å². The van der Waals surface area contributed by atoms with Gasteiger partial charge >= 0.3 is 0 Å². The van der Waals surface area contributed by atoms with Crippen LogP contribution < -0.4 is 5.14 Å². The first kappa shape index (κ1) is 10.8. The molecule has 0 aliphatic rings. The van der Waals surface area contributed by atoms with Gasteiger partial charge in [-0.2, -0.15) is 0 Å². The van der Waals surface area contributed by atoms with Crippen LogP contribution in [0.25, 0.3) is 0 Å². The van der Waals surface area contributed by atoms with Gasteiger partial charge in [-0.25, -0.2) is 9.19 Å². The summed E-state index contributed by atoms with van der Waals surface area (Å²) in [5, 5.41) is 7.36. The van der Waals surface area contributed by atoms with E-state index in [1.165, 1.54) is 0 Å². The molecule has 2 unspecified atom stereocenters. The van der Waals surface area contributed by atoms with Crippen molar-refractivity contribution in [2.45, 2.75) is 31.4 Å². The summed E-state index contributed by atoms with van der Waals surface area (Å²) in [6.07, 6.45) is 0.826. The molecule has 1 rings (SSSR count). The van der Waals surface area contributed by atoms with Crippen LogP contribution in [0.4, 0.5) is 0 Å². The monoisotopic (exact) mass is 218 g/mol. The van der Waals surface area contributed by atoms with E-state index in [-0.39, 0.29) is 5.25 Å². The van der Waals surface area contributed by atoms with Gasteiger partial charge < -0.3 is 0 Å². The smallest absolute Gasteiger partial charge is 0.0917 e. The molecule has 0 bridgehead atoms. The molecule has 0 saturated carbocycles. The van der Waals surface area contributed by atoms with Crippen LogP contribution in [0.3, 0.4) is 0 Å². The van der Waals surface area contributed by atoms with Gasteiger partial charge in [-0.15, -0.1) is 11.3 Å². The van der Waals surface area contributed by atoms with Gasteiger partial charge in [0, 0.05) is 16.5 Å². The van der Waals surface area contributed by atoms with Gasteiger partial charge in [0.25, 0.3) is 0 Å². The Hall–Kier alpha value is -0.260. The highest BCUT2D eigenvalue weighted by atomic mass is 32.2. The molecule has 1 aromatic rings. The molecule has 74 valence electrons. The van der Waals surface area contributed by atoms with Crippen molar-refractivity contribution in [1.82, 2.24) is 4.98 Å². The zero-order valence-electron chi connectivity index (χ0n) is 7.77. The highest BCUT2D eigenvalue weighted by molar-refractivity contribution is 7.83. The molecule has 2 N–H and O–H groups in total. The van der Waals surface area contributed by atoms with Crippen molar-refractivity contribution in [3.63, 3.8) is 0 Å². The minimum Gasteiger partial charge on any atom is -0.252 e. The van der Waals surface area contributed by atoms with Crippen LogP contribution in [0.15, 0.2) is 10.9 Å². The van der Waals surface area contributed by atoms with Crippen LogP contribution in [0, 0.1) is 0 Å². The SMILES string of the molecule is CC(C[C@H](C)c1cscn1)S(N)=O. The third kappa shape index (κ3) is 3.17. The minimum absolute atomic E-state index is 0.0386. The van der Waals surface area contributed by atoms with Gasteiger partial charge in [0.1, 0.15) is 0 Å². The zero-order chi connectivity index (χ0) is 9.84. The fourth-order valence-electron chi connectivity index (χ4n) is 1.18. The minimum atomic E-state index is -1.22. The van der Waals surface area contributed by atoms with Crippen molar-refractivity contribution in [3.8, 4) is 0 Å². The average molecular weight is 218 g/mol. The Kier molecular flexibility index (Phi) is 4.02. The lowest BCUT2D eigenvalue weighted by Crippen LogP contribution is -2.20. The summed E-state index contributed by atoms with van der Waals surface area (Å²) in [5.74, 6) is 0.341. The molecule has 0 aromatic carbocycles. The molecule has 0 amide bonds. The van der Waals surface area contributed by atoms with Crippen molar-refractivity contribution in [1.29, 1.82) is 0 Å². The second-order valence-corrected chi connectivity index (χ2v) is 5.37. The fraction of sp³-hybridized carbons (Fsp3) is 0.625. The topological polar surface area (TPSA) is 56.0 Å². The summed E-state index contributed by atoms with van der Waals surface area (Å²) in [6, 6.07) is 0. The molecule has 0 spiro atoms. The first-order valence-electron chi connectivity index (χ1n) is 4.14. The Balaban J connectivity index is 2.51. The standard InChI is InChI=1S/C8H14N2OS2/c1-6(3-7(2)13(9)11)8-4-12-5-10-8/h4-7H,3,9H2,1-2H3/t6-,7?,13?/m0/s1. The second kappa shape index (κ2) is 4.83. The van der Waals surface area contributed by atoms with Crippen LogP contribution in [0.2, 0.25) is 0 Å². The van der Waals surface area contributed by atoms with E-state index in [4.69, 9.17) is 5.14 Å². The third-order valence-electron chi connectivity index (χ3n) is 2.04. The molecule has 3 atom stereocenters. The predicted octanol–water partition coefficient (Wildman–Crippen LogP) is 1.65. The molecule has 0 aliphatic carbocycles. The van der Waals surface area contributed by atoms with E-state index in [2.05, 4.69) is 11.9 Å². The lowest BCUT2D eigenvalue weighted by Gasteiger charge is -2.12. The fourth-order valence-corrected chi connectivity index (χ4v) is 2.33. The van der Waals surface area contributed by atoms with Gasteiger partial charge in [0.05, 0.1) is 22.2 Å². The number of aromatic nitrogens is 1. The van der Waals surface area contributed by atoms with E-state index < -0.39 is 11.0 Å². The number of hydrogen-bond acceptors (Lipinski definition) is 3. The van der Waals surface area contributed by atoms with E-state index in [9.17, 15) is 4.21 Å². The largest absolute Gasteiger partial charge is 0.252 e. The summed E-state index contributed by atoms with van der Waals surface area (Å²) < 4.78 is 10.9. The first-order valence-corrected chi connectivity index (χ1v) is 6.36. The van der Waals surface area contributed by atoms with E-state index in [0.717, 1.165) is 12.1 Å². The maximum absolute atomic E-state index is 10.9. The lowest BCUT2D eigenvalue weighted by atomic mass is 10.0. The summed E-state index contributed by atoms with van der Waals surface area (Å²) in [5.41, 5.74) is 2.89. The Labute approximate surface area is 85.0 Å². The summed E-state index contributed by atoms with van der Waals surface area (Å²) in [6.45, 7) is 3.98. The predicted molar refractivity (Wildman–Crippen MR) is 56.9 cm³/mol. The lowest BCUT2D eigenvalue weighted by molar-refractivity contribution is 0.628. The van der Waals surface area contributed by atoms with E-state index in [1.807, 2.05) is 17.8 Å². The first-order chi connectivity index (χ1) is 6.11. The highest BCUT2D eigenvalue weighted by Crippen LogP contribution is 2.21. The van der Waals surface area contributed by atoms with Crippen molar-refractivity contribution >= 4 is 22.3 Å². The number of nitrogens with zero attached hydrogens (tertiary/aromatic N) is 1. The van der Waals surface area contributed by atoms with E-state index >= 15 is 0 Å². The molecule has 1 aromatic heterocycles. The van der Waals surface area contributed by atoms with Crippen LogP contribution in [-0.4, -0.2) is 14.4 Å². The van der Waals surface area contributed by atoms with Crippen LogP contribution in [0.1, 0.15) is 31.9 Å². The Morgan fingerprint density at radius 3 is 2.85 bits per heavy atom. The quantitative estimate of drug-likeness (QED) is 0.835. The van der Waals surface area contributed by atoms with Crippen LogP contribution >= 0.6 is 11.3 Å². The molecule has 0 aliphatic heterocycles. The molecule has 1 heterocycles. The number of rotatable bonds is 4. The molecule has 0 radical (unpaired) electrons. The van der Waals surface area contributed by atoms with Crippen molar-refractivity contribution < 1.29 is 4.21 Å². The van der Waals surface area contributed by atoms with E-state index in [1.54, 1.807) is 11.3 Å². The van der Waals surface area contributed by atoms with Gasteiger partial charge in [-0.1, -0.05) is 6.92 Å². The number of nitrogens with two attached hydrogens (primary N) is 1. The summed E-state index contributed by atoms with van der Waals surface area (Å²) in [7, 11) is -1.22. The van der Waals surface area contributed by atoms with Crippen LogP contribution in [-0.2, 0) is 11.0 Å². The molecule has 5 heteroatoms. The Morgan fingerprint density at radius 2 is 2.38 bits per heavy atom. The number of thiazole rings is 1. The van der Waals surface area contributed by atoms with Gasteiger partial charge in [0.15, 0.2) is 0 Å². The Morgan fingerprint density at radius 1 is 1.69 bits per heavy atom. The molecule has 0 saturated heterocycles. The van der Waals surface area contributed by atoms with Crippen LogP contribution in [0.5, 0.6) is 0 Å². The Bertz CT molecular complexity index is 274. The zero-order valence-corrected chi connectivity index (χ0v) is 9.40. The maximum Gasteiger partial charge on any atom is 0.0917 e. The molecular formula is C8H14N2OS2. The average Bonchev–Trinajstić information content (AvgIpc) is 2.55. The van der Waals surface area contributed by atoms with Gasteiger partial charge in [0.2, 0.25) is 0 Å². The van der Waals surface area contributed by atoms with Crippen molar-refractivity contribution in [3.05, 3.63) is 16.6 Å². The highest BCUT2D eigenvalue weighted by Gasteiger charge is 2.14. The van der Waals surface area contributed by atoms with Gasteiger partial charge in [-0.05, 0) is 13.3 Å². The second-order valence-electron chi connectivity index (χ2n) is 3.19. The third-order valence-corrected chi connectivity index (χ3v) is 3.63. The van der Waals surface area contributed by atoms with E-state index in [0.29, 0.717) is 5.92 Å². The summed E-state index contributed by atoms with van der Waals surface area (Å²) >= 11 is 1.59. The molecule has 0 fully saturated rings. The van der Waals surface area contributed by atoms with Gasteiger partial charge in [-0.3, -0.25) is 5.14 Å². The maximum atomic E-state index is 10.9. The normalized spacial score (nSPS) is 18.1. The molecular weight excluding hydrogens is 204 g/mol. The molecule has 3 nitrogen and oxygen atoms in total. The molecule has 13 heavy (non-hydrogen) atoms. The number of hydrogen-bond donors (Lipinski definition) is 1. The van der Waals surface area contributed by atoms with Crippen molar-refractivity contribution in [2.24, 2.45) is 5.14 Å².